The van der Waals surface area contributed by atoms with Crippen molar-refractivity contribution in [2.75, 3.05) is 31.2 Å². The quantitative estimate of drug-likeness (QED) is 0.145. The third-order valence-electron chi connectivity index (χ3n) is 8.38. The van der Waals surface area contributed by atoms with Crippen molar-refractivity contribution in [1.82, 2.24) is 4.90 Å². The van der Waals surface area contributed by atoms with Crippen molar-refractivity contribution in [1.29, 1.82) is 0 Å². The molecule has 3 fully saturated rings. The summed E-state index contributed by atoms with van der Waals surface area (Å²) in [6.45, 7) is 12.3. The first-order valence-electron chi connectivity index (χ1n) is 14.2. The molecule has 6 atom stereocenters. The van der Waals surface area contributed by atoms with Gasteiger partial charge in [0.15, 0.2) is 0 Å². The van der Waals surface area contributed by atoms with E-state index in [1.807, 2.05) is 38.1 Å². The standard InChI is InChI=1S/C31H41BrN2O6/c1-5-7-8-11-17-39-30(38)24-25-28(36)34(15-9-10-16-35)27(31(25)19-22(32)26(24)40-31)29(37)33(14-6-2)23-18-20(3)12-13-21(23)4/h5-6,12-13,18,22,24-27,35H,1-2,7-11,14-17,19H2,3-4H3/t22?,24-,25-,26-,27?,31?/m0/s1. The largest absolute Gasteiger partial charge is 0.465 e. The number of alkyl halides is 1. The number of aryl methyl sites for hydroxylation is 2. The van der Waals surface area contributed by atoms with E-state index in [9.17, 15) is 19.5 Å². The monoisotopic (exact) mass is 616 g/mol. The summed E-state index contributed by atoms with van der Waals surface area (Å²) in [4.78, 5) is 45.2. The Morgan fingerprint density at radius 3 is 2.70 bits per heavy atom. The van der Waals surface area contributed by atoms with Gasteiger partial charge in [0.1, 0.15) is 11.6 Å². The molecule has 40 heavy (non-hydrogen) atoms. The van der Waals surface area contributed by atoms with E-state index in [4.69, 9.17) is 9.47 Å². The Kier molecular flexibility index (Phi) is 9.90. The maximum absolute atomic E-state index is 14.6. The van der Waals surface area contributed by atoms with Gasteiger partial charge in [0.2, 0.25) is 5.91 Å². The second kappa shape index (κ2) is 13.0. The van der Waals surface area contributed by atoms with Crippen LogP contribution >= 0.6 is 15.9 Å². The molecule has 0 radical (unpaired) electrons. The molecule has 2 amide bonds. The molecule has 218 valence electrons. The van der Waals surface area contributed by atoms with E-state index in [1.165, 1.54) is 0 Å². The maximum Gasteiger partial charge on any atom is 0.312 e. The molecule has 1 aromatic rings. The number of hydrogen-bond acceptors (Lipinski definition) is 6. The zero-order valence-corrected chi connectivity index (χ0v) is 25.1. The summed E-state index contributed by atoms with van der Waals surface area (Å²) in [6.07, 6.45) is 6.81. The molecular formula is C31H41BrN2O6. The average molecular weight is 618 g/mol. The number of carbonyl (C=O) groups excluding carboxylic acids is 3. The lowest BCUT2D eigenvalue weighted by atomic mass is 9.70. The van der Waals surface area contributed by atoms with Crippen LogP contribution in [0.1, 0.15) is 49.7 Å². The van der Waals surface area contributed by atoms with Crippen LogP contribution in [0.25, 0.3) is 0 Å². The molecule has 1 N–H and O–H groups in total. The summed E-state index contributed by atoms with van der Waals surface area (Å²) in [6, 6.07) is 5.01. The fraction of sp³-hybridized carbons (Fsp3) is 0.581. The molecule has 4 rings (SSSR count). The molecule has 0 aromatic heterocycles. The van der Waals surface area contributed by atoms with Crippen LogP contribution in [0.2, 0.25) is 0 Å². The smallest absolute Gasteiger partial charge is 0.312 e. The lowest BCUT2D eigenvalue weighted by Crippen LogP contribution is -2.57. The summed E-state index contributed by atoms with van der Waals surface area (Å²) < 4.78 is 12.2. The second-order valence-corrected chi connectivity index (χ2v) is 12.3. The first kappa shape index (κ1) is 30.5. The molecule has 3 saturated heterocycles. The highest BCUT2D eigenvalue weighted by Crippen LogP contribution is 2.60. The number of aliphatic hydroxyl groups is 1. The minimum atomic E-state index is -1.16. The Morgan fingerprint density at radius 2 is 2.00 bits per heavy atom. The van der Waals surface area contributed by atoms with Gasteiger partial charge in [-0.05, 0) is 69.6 Å². The number of fused-ring (bicyclic) bond motifs is 1. The molecule has 1 aromatic carbocycles. The molecule has 3 heterocycles. The van der Waals surface area contributed by atoms with E-state index in [2.05, 4.69) is 29.1 Å². The van der Waals surface area contributed by atoms with Gasteiger partial charge in [-0.25, -0.2) is 0 Å². The predicted octanol–water partition coefficient (Wildman–Crippen LogP) is 4.24. The van der Waals surface area contributed by atoms with Crippen molar-refractivity contribution < 1.29 is 29.0 Å². The van der Waals surface area contributed by atoms with Crippen LogP contribution in [0.5, 0.6) is 0 Å². The van der Waals surface area contributed by atoms with Crippen molar-refractivity contribution in [2.24, 2.45) is 11.8 Å². The minimum Gasteiger partial charge on any atom is -0.465 e. The number of likely N-dealkylation sites (tertiary alicyclic amines) is 1. The van der Waals surface area contributed by atoms with Gasteiger partial charge in [-0.2, -0.15) is 0 Å². The number of ether oxygens (including phenoxy) is 2. The van der Waals surface area contributed by atoms with Gasteiger partial charge in [-0.1, -0.05) is 40.2 Å². The van der Waals surface area contributed by atoms with Gasteiger partial charge in [0.25, 0.3) is 5.91 Å². The van der Waals surface area contributed by atoms with Crippen LogP contribution in [0, 0.1) is 25.7 Å². The topological polar surface area (TPSA) is 96.4 Å². The van der Waals surface area contributed by atoms with Crippen LogP contribution in [-0.4, -0.2) is 76.7 Å². The molecule has 0 aliphatic carbocycles. The number of amides is 2. The second-order valence-electron chi connectivity index (χ2n) is 11.1. The Labute approximate surface area is 245 Å². The highest BCUT2D eigenvalue weighted by Gasteiger charge is 2.77. The maximum atomic E-state index is 14.6. The van der Waals surface area contributed by atoms with Crippen molar-refractivity contribution in [2.45, 2.75) is 74.9 Å². The highest BCUT2D eigenvalue weighted by molar-refractivity contribution is 9.09. The van der Waals surface area contributed by atoms with Crippen LogP contribution in [0.4, 0.5) is 5.69 Å². The Morgan fingerprint density at radius 1 is 1.23 bits per heavy atom. The van der Waals surface area contributed by atoms with Gasteiger partial charge >= 0.3 is 5.97 Å². The van der Waals surface area contributed by atoms with Crippen molar-refractivity contribution in [3.63, 3.8) is 0 Å². The summed E-state index contributed by atoms with van der Waals surface area (Å²) in [5.74, 6) is -2.57. The minimum absolute atomic E-state index is 0.0108. The van der Waals surface area contributed by atoms with E-state index in [1.54, 1.807) is 15.9 Å². The van der Waals surface area contributed by atoms with E-state index < -0.39 is 35.6 Å². The summed E-state index contributed by atoms with van der Waals surface area (Å²) in [5.41, 5.74) is 1.54. The molecule has 2 bridgehead atoms. The predicted molar refractivity (Wildman–Crippen MR) is 157 cm³/mol. The van der Waals surface area contributed by atoms with Gasteiger partial charge in [0, 0.05) is 30.2 Å². The Hall–Kier alpha value is -2.49. The summed E-state index contributed by atoms with van der Waals surface area (Å²) >= 11 is 3.70. The van der Waals surface area contributed by atoms with Gasteiger partial charge in [0.05, 0.1) is 24.5 Å². The third kappa shape index (κ3) is 5.52. The zero-order valence-electron chi connectivity index (χ0n) is 23.5. The van der Waals surface area contributed by atoms with E-state index in [0.29, 0.717) is 25.7 Å². The van der Waals surface area contributed by atoms with E-state index in [-0.39, 0.29) is 42.9 Å². The Bertz CT molecular complexity index is 1140. The molecular weight excluding hydrogens is 576 g/mol. The SMILES string of the molecule is C=CCCCCOC(=O)[C@H]1[C@H]2C(=O)N(CCCCO)C(C(=O)N(CC=C)c3cc(C)ccc3C)C23CC(Br)[C@@H]1O3. The van der Waals surface area contributed by atoms with Crippen LogP contribution in [-0.2, 0) is 23.9 Å². The number of halogens is 1. The number of anilines is 1. The summed E-state index contributed by atoms with van der Waals surface area (Å²) in [7, 11) is 0. The van der Waals surface area contributed by atoms with Crippen molar-refractivity contribution in [3.05, 3.63) is 54.6 Å². The fourth-order valence-corrected chi connectivity index (χ4v) is 7.51. The zero-order chi connectivity index (χ0) is 29.0. The number of esters is 1. The normalized spacial score (nSPS) is 28.4. The first-order chi connectivity index (χ1) is 19.2. The lowest BCUT2D eigenvalue weighted by Gasteiger charge is -2.37. The van der Waals surface area contributed by atoms with Crippen molar-refractivity contribution in [3.8, 4) is 0 Å². The van der Waals surface area contributed by atoms with Crippen LogP contribution in [0.3, 0.4) is 0 Å². The molecule has 3 aliphatic rings. The lowest BCUT2D eigenvalue weighted by molar-refractivity contribution is -0.155. The number of carbonyl (C=O) groups is 3. The average Bonchev–Trinajstić information content (AvgIpc) is 3.52. The summed E-state index contributed by atoms with van der Waals surface area (Å²) in [5, 5.41) is 9.41. The van der Waals surface area contributed by atoms with Gasteiger partial charge in [-0.15, -0.1) is 13.2 Å². The van der Waals surface area contributed by atoms with Crippen LogP contribution < -0.4 is 4.90 Å². The fourth-order valence-electron chi connectivity index (χ4n) is 6.57. The van der Waals surface area contributed by atoms with E-state index in [0.717, 1.165) is 29.7 Å². The van der Waals surface area contributed by atoms with Gasteiger partial charge < -0.3 is 24.4 Å². The number of hydrogen-bond donors (Lipinski definition) is 1. The first-order valence-corrected chi connectivity index (χ1v) is 15.1. The van der Waals surface area contributed by atoms with E-state index >= 15 is 0 Å². The Balaban J connectivity index is 1.70. The number of benzene rings is 1. The molecule has 1 spiro atoms. The molecule has 0 saturated carbocycles. The van der Waals surface area contributed by atoms with Crippen molar-refractivity contribution >= 4 is 39.4 Å². The molecule has 9 heteroatoms. The van der Waals surface area contributed by atoms with Crippen LogP contribution in [0.15, 0.2) is 43.5 Å². The third-order valence-corrected chi connectivity index (χ3v) is 9.23. The molecule has 3 unspecified atom stereocenters. The number of unbranched alkanes of at least 4 members (excludes halogenated alkanes) is 3. The number of nitrogens with zero attached hydrogens (tertiary/aromatic N) is 2. The molecule has 8 nitrogen and oxygen atoms in total. The highest BCUT2D eigenvalue weighted by atomic mass is 79.9. The number of aliphatic hydroxyl groups excluding tert-OH is 1. The van der Waals surface area contributed by atoms with Gasteiger partial charge in [-0.3, -0.25) is 14.4 Å². The number of allylic oxidation sites excluding steroid dienone is 1. The molecule has 3 aliphatic heterocycles. The number of rotatable bonds is 14.